The second-order valence-electron chi connectivity index (χ2n) is 10.3. The lowest BCUT2D eigenvalue weighted by molar-refractivity contribution is -0.114. The normalized spacial score (nSPS) is 11.5. The van der Waals surface area contributed by atoms with Crippen molar-refractivity contribution in [1.29, 1.82) is 0 Å². The van der Waals surface area contributed by atoms with Gasteiger partial charge in [-0.05, 0) is 62.1 Å². The standard InChI is InChI=1S/C31H35N3O3/c1-6-7-15-28-33-29-26(32-21(2)35)13-10-14-27(29)34(28)20-22-16-18-23(19-17-22)24-11-8-9-12-25(24)30(36)37-31(3,4)5/h8-14,16-19H,6-7,15,20H2,1-5H3,(H,32,35). The molecule has 0 aliphatic rings. The van der Waals surface area contributed by atoms with E-state index in [1.165, 1.54) is 6.92 Å². The Morgan fingerprint density at radius 2 is 1.70 bits per heavy atom. The van der Waals surface area contributed by atoms with Crippen molar-refractivity contribution in [3.05, 3.63) is 83.7 Å². The van der Waals surface area contributed by atoms with Crippen molar-refractivity contribution in [1.82, 2.24) is 9.55 Å². The molecule has 0 bridgehead atoms. The van der Waals surface area contributed by atoms with Gasteiger partial charge in [0.25, 0.3) is 0 Å². The van der Waals surface area contributed by atoms with Crippen molar-refractivity contribution in [3.63, 3.8) is 0 Å². The lowest BCUT2D eigenvalue weighted by Crippen LogP contribution is -2.24. The highest BCUT2D eigenvalue weighted by Gasteiger charge is 2.21. The number of aromatic nitrogens is 2. The molecule has 3 aromatic carbocycles. The maximum atomic E-state index is 12.8. The van der Waals surface area contributed by atoms with E-state index in [1.807, 2.05) is 69.3 Å². The molecule has 6 nitrogen and oxygen atoms in total. The number of carbonyl (C=O) groups excluding carboxylic acids is 2. The van der Waals surface area contributed by atoms with E-state index in [0.717, 1.165) is 58.5 Å². The first-order valence-electron chi connectivity index (χ1n) is 12.8. The SMILES string of the molecule is CCCCc1nc2c(NC(C)=O)cccc2n1Cc1ccc(-c2ccccc2C(=O)OC(C)(C)C)cc1. The van der Waals surface area contributed by atoms with Crippen molar-refractivity contribution in [3.8, 4) is 11.1 Å². The molecule has 1 N–H and O–H groups in total. The summed E-state index contributed by atoms with van der Waals surface area (Å²) in [4.78, 5) is 29.5. The maximum Gasteiger partial charge on any atom is 0.339 e. The van der Waals surface area contributed by atoms with E-state index in [1.54, 1.807) is 0 Å². The molecule has 4 rings (SSSR count). The van der Waals surface area contributed by atoms with Crippen LogP contribution >= 0.6 is 0 Å². The number of nitrogens with zero attached hydrogens (tertiary/aromatic N) is 2. The first kappa shape index (κ1) is 26.1. The molecule has 1 heterocycles. The fourth-order valence-electron chi connectivity index (χ4n) is 4.41. The van der Waals surface area contributed by atoms with Crippen LogP contribution in [0.25, 0.3) is 22.2 Å². The summed E-state index contributed by atoms with van der Waals surface area (Å²) >= 11 is 0. The largest absolute Gasteiger partial charge is 0.456 e. The second-order valence-corrected chi connectivity index (χ2v) is 10.3. The Morgan fingerprint density at radius 1 is 0.973 bits per heavy atom. The van der Waals surface area contributed by atoms with Crippen molar-refractivity contribution in [2.24, 2.45) is 0 Å². The number of fused-ring (bicyclic) bond motifs is 1. The number of hydrogen-bond donors (Lipinski definition) is 1. The number of para-hydroxylation sites is 1. The zero-order valence-electron chi connectivity index (χ0n) is 22.3. The Morgan fingerprint density at radius 3 is 2.38 bits per heavy atom. The molecule has 4 aromatic rings. The summed E-state index contributed by atoms with van der Waals surface area (Å²) in [6.45, 7) is 9.95. The number of imidazole rings is 1. The minimum absolute atomic E-state index is 0.112. The maximum absolute atomic E-state index is 12.8. The van der Waals surface area contributed by atoms with Crippen LogP contribution in [-0.4, -0.2) is 27.0 Å². The van der Waals surface area contributed by atoms with E-state index in [-0.39, 0.29) is 11.9 Å². The van der Waals surface area contributed by atoms with Crippen LogP contribution in [0.1, 0.15) is 69.2 Å². The van der Waals surface area contributed by atoms with Gasteiger partial charge in [-0.2, -0.15) is 0 Å². The number of rotatable bonds is 8. The minimum atomic E-state index is -0.559. The Kier molecular flexibility index (Phi) is 7.77. The van der Waals surface area contributed by atoms with E-state index in [4.69, 9.17) is 9.72 Å². The molecule has 0 spiro atoms. The summed E-state index contributed by atoms with van der Waals surface area (Å²) in [6.07, 6.45) is 2.98. The predicted octanol–water partition coefficient (Wildman–Crippen LogP) is 7.01. The number of ether oxygens (including phenoxy) is 1. The third-order valence-corrected chi connectivity index (χ3v) is 6.07. The lowest BCUT2D eigenvalue weighted by Gasteiger charge is -2.20. The van der Waals surface area contributed by atoms with Gasteiger partial charge in [0.15, 0.2) is 0 Å². The molecule has 0 saturated carbocycles. The Hall–Kier alpha value is -3.93. The summed E-state index contributed by atoms with van der Waals surface area (Å²) in [5, 5.41) is 2.91. The van der Waals surface area contributed by atoms with Gasteiger partial charge >= 0.3 is 5.97 Å². The third-order valence-electron chi connectivity index (χ3n) is 6.07. The van der Waals surface area contributed by atoms with Crippen LogP contribution in [0.15, 0.2) is 66.7 Å². The molecule has 37 heavy (non-hydrogen) atoms. The van der Waals surface area contributed by atoms with Gasteiger partial charge in [0, 0.05) is 19.9 Å². The molecule has 0 aliphatic heterocycles. The summed E-state index contributed by atoms with van der Waals surface area (Å²) in [7, 11) is 0. The molecule has 0 saturated heterocycles. The smallest absolute Gasteiger partial charge is 0.339 e. The summed E-state index contributed by atoms with van der Waals surface area (Å²) in [5.74, 6) is 0.570. The molecular formula is C31H35N3O3. The van der Waals surface area contributed by atoms with Crippen LogP contribution < -0.4 is 5.32 Å². The van der Waals surface area contributed by atoms with E-state index in [9.17, 15) is 9.59 Å². The first-order valence-corrected chi connectivity index (χ1v) is 12.8. The highest BCUT2D eigenvalue weighted by molar-refractivity contribution is 5.99. The number of amides is 1. The van der Waals surface area contributed by atoms with Crippen molar-refractivity contribution in [2.45, 2.75) is 66.0 Å². The highest BCUT2D eigenvalue weighted by atomic mass is 16.6. The van der Waals surface area contributed by atoms with Crippen molar-refractivity contribution < 1.29 is 14.3 Å². The number of benzene rings is 3. The molecule has 1 aromatic heterocycles. The number of esters is 1. The molecule has 1 amide bonds. The topological polar surface area (TPSA) is 73.2 Å². The van der Waals surface area contributed by atoms with Crippen LogP contribution in [0.4, 0.5) is 5.69 Å². The molecular weight excluding hydrogens is 462 g/mol. The van der Waals surface area contributed by atoms with Crippen LogP contribution in [0.5, 0.6) is 0 Å². The fraction of sp³-hybridized carbons (Fsp3) is 0.323. The van der Waals surface area contributed by atoms with Gasteiger partial charge in [-0.1, -0.05) is 61.9 Å². The average molecular weight is 498 g/mol. The molecule has 192 valence electrons. The monoisotopic (exact) mass is 497 g/mol. The quantitative estimate of drug-likeness (QED) is 0.266. The third kappa shape index (κ3) is 6.26. The molecule has 0 unspecified atom stereocenters. The highest BCUT2D eigenvalue weighted by Crippen LogP contribution is 2.28. The molecule has 0 radical (unpaired) electrons. The van der Waals surface area contributed by atoms with Crippen molar-refractivity contribution >= 4 is 28.6 Å². The Bertz CT molecular complexity index is 1410. The van der Waals surface area contributed by atoms with Gasteiger partial charge in [0.1, 0.15) is 16.9 Å². The van der Waals surface area contributed by atoms with Gasteiger partial charge in [0.2, 0.25) is 5.91 Å². The van der Waals surface area contributed by atoms with Crippen LogP contribution in [0.3, 0.4) is 0 Å². The van der Waals surface area contributed by atoms with Crippen molar-refractivity contribution in [2.75, 3.05) is 5.32 Å². The van der Waals surface area contributed by atoms with Gasteiger partial charge in [-0.3, -0.25) is 4.79 Å². The number of unbranched alkanes of at least 4 members (excludes halogenated alkanes) is 1. The fourth-order valence-corrected chi connectivity index (χ4v) is 4.41. The van der Waals surface area contributed by atoms with E-state index < -0.39 is 5.60 Å². The number of carbonyl (C=O) groups is 2. The first-order chi connectivity index (χ1) is 17.7. The molecule has 0 atom stereocenters. The predicted molar refractivity (Wildman–Crippen MR) is 149 cm³/mol. The summed E-state index contributed by atoms with van der Waals surface area (Å²) in [5.41, 5.74) is 5.47. The second kappa shape index (κ2) is 11.0. The lowest BCUT2D eigenvalue weighted by atomic mass is 9.98. The van der Waals surface area contributed by atoms with E-state index >= 15 is 0 Å². The Labute approximate surface area is 218 Å². The average Bonchev–Trinajstić information content (AvgIpc) is 3.20. The van der Waals surface area contributed by atoms with Gasteiger partial charge in [0.05, 0.1) is 16.8 Å². The minimum Gasteiger partial charge on any atom is -0.456 e. The van der Waals surface area contributed by atoms with E-state index in [2.05, 4.69) is 35.0 Å². The van der Waals surface area contributed by atoms with E-state index in [0.29, 0.717) is 12.1 Å². The molecule has 0 aliphatic carbocycles. The Balaban J connectivity index is 1.66. The zero-order chi connectivity index (χ0) is 26.6. The number of nitrogens with one attached hydrogen (secondary N) is 1. The van der Waals surface area contributed by atoms with Crippen LogP contribution in [-0.2, 0) is 22.5 Å². The molecule has 6 heteroatoms. The van der Waals surface area contributed by atoms with Gasteiger partial charge in [-0.15, -0.1) is 0 Å². The summed E-state index contributed by atoms with van der Waals surface area (Å²) < 4.78 is 7.86. The van der Waals surface area contributed by atoms with Gasteiger partial charge in [-0.25, -0.2) is 9.78 Å². The van der Waals surface area contributed by atoms with Crippen LogP contribution in [0, 0.1) is 0 Å². The van der Waals surface area contributed by atoms with Crippen LogP contribution in [0.2, 0.25) is 0 Å². The van der Waals surface area contributed by atoms with Gasteiger partial charge < -0.3 is 14.6 Å². The summed E-state index contributed by atoms with van der Waals surface area (Å²) in [6, 6.07) is 21.7. The number of hydrogen-bond acceptors (Lipinski definition) is 4. The number of anilines is 1. The number of aryl methyl sites for hydroxylation is 1. The zero-order valence-corrected chi connectivity index (χ0v) is 22.3. The molecule has 0 fully saturated rings.